The number of nitrogens with zero attached hydrogens (tertiary/aromatic N) is 3. The van der Waals surface area contributed by atoms with Crippen LogP contribution in [0, 0.1) is 11.7 Å². The SMILES string of the molecule is CS(=O)(=O)CC1CCCN(c2ncc(F)cn2)C1. The van der Waals surface area contributed by atoms with Gasteiger partial charge in [0.05, 0.1) is 18.1 Å². The molecule has 0 bridgehead atoms. The molecule has 2 heterocycles. The second kappa shape index (κ2) is 5.17. The molecule has 1 saturated heterocycles. The van der Waals surface area contributed by atoms with E-state index in [9.17, 15) is 12.8 Å². The lowest BCUT2D eigenvalue weighted by molar-refractivity contribution is 0.439. The molecule has 0 spiro atoms. The summed E-state index contributed by atoms with van der Waals surface area (Å²) in [6.45, 7) is 1.39. The van der Waals surface area contributed by atoms with Gasteiger partial charge in [-0.05, 0) is 18.8 Å². The van der Waals surface area contributed by atoms with Crippen LogP contribution in [0.2, 0.25) is 0 Å². The van der Waals surface area contributed by atoms with Gasteiger partial charge in [0.1, 0.15) is 9.84 Å². The monoisotopic (exact) mass is 273 g/mol. The van der Waals surface area contributed by atoms with Crippen molar-refractivity contribution < 1.29 is 12.8 Å². The van der Waals surface area contributed by atoms with Crippen LogP contribution < -0.4 is 4.90 Å². The zero-order valence-corrected chi connectivity index (χ0v) is 11.0. The largest absolute Gasteiger partial charge is 0.341 e. The molecule has 0 aromatic carbocycles. The van der Waals surface area contributed by atoms with Crippen LogP contribution in [0.15, 0.2) is 12.4 Å². The summed E-state index contributed by atoms with van der Waals surface area (Å²) in [5, 5.41) is 0. The summed E-state index contributed by atoms with van der Waals surface area (Å²) in [5.41, 5.74) is 0. The normalized spacial score (nSPS) is 21.0. The van der Waals surface area contributed by atoms with Crippen molar-refractivity contribution in [2.24, 2.45) is 5.92 Å². The van der Waals surface area contributed by atoms with Crippen molar-refractivity contribution in [1.82, 2.24) is 9.97 Å². The molecule has 1 unspecified atom stereocenters. The Morgan fingerprint density at radius 2 is 2.11 bits per heavy atom. The minimum atomic E-state index is -2.96. The van der Waals surface area contributed by atoms with Crippen molar-refractivity contribution in [2.75, 3.05) is 30.0 Å². The second-order valence-corrected chi connectivity index (χ2v) is 6.93. The average molecular weight is 273 g/mol. The van der Waals surface area contributed by atoms with Gasteiger partial charge in [0.15, 0.2) is 5.82 Å². The molecule has 0 amide bonds. The maximum Gasteiger partial charge on any atom is 0.225 e. The van der Waals surface area contributed by atoms with Gasteiger partial charge in [0.25, 0.3) is 0 Å². The molecule has 1 aliphatic heterocycles. The average Bonchev–Trinajstić information content (AvgIpc) is 2.28. The highest BCUT2D eigenvalue weighted by atomic mass is 32.2. The van der Waals surface area contributed by atoms with Crippen molar-refractivity contribution in [3.8, 4) is 0 Å². The number of anilines is 1. The predicted molar refractivity (Wildman–Crippen MR) is 66.6 cm³/mol. The predicted octanol–water partition coefficient (Wildman–Crippen LogP) is 0.877. The molecule has 1 aliphatic rings. The van der Waals surface area contributed by atoms with Gasteiger partial charge in [0, 0.05) is 19.3 Å². The van der Waals surface area contributed by atoms with Gasteiger partial charge in [-0.3, -0.25) is 0 Å². The van der Waals surface area contributed by atoms with E-state index >= 15 is 0 Å². The van der Waals surface area contributed by atoms with Gasteiger partial charge in [-0.2, -0.15) is 0 Å². The first kappa shape index (κ1) is 13.2. The molecule has 5 nitrogen and oxygen atoms in total. The van der Waals surface area contributed by atoms with Gasteiger partial charge in [-0.15, -0.1) is 0 Å². The van der Waals surface area contributed by atoms with E-state index in [0.29, 0.717) is 12.5 Å². The van der Waals surface area contributed by atoms with Crippen LogP contribution in [0.4, 0.5) is 10.3 Å². The lowest BCUT2D eigenvalue weighted by atomic mass is 10.0. The van der Waals surface area contributed by atoms with E-state index in [2.05, 4.69) is 9.97 Å². The fraction of sp³-hybridized carbons (Fsp3) is 0.636. The molecule has 100 valence electrons. The van der Waals surface area contributed by atoms with Gasteiger partial charge in [-0.1, -0.05) is 0 Å². The number of halogens is 1. The standard InChI is InChI=1S/C11H16FN3O2S/c1-18(16,17)8-9-3-2-4-15(7-9)11-13-5-10(12)6-14-11/h5-6,9H,2-4,7-8H2,1H3. The Kier molecular flexibility index (Phi) is 3.79. The van der Waals surface area contributed by atoms with Crippen LogP contribution >= 0.6 is 0 Å². The highest BCUT2D eigenvalue weighted by Gasteiger charge is 2.24. The van der Waals surface area contributed by atoms with Crippen LogP contribution in [0.3, 0.4) is 0 Å². The topological polar surface area (TPSA) is 63.2 Å². The first-order valence-electron chi connectivity index (χ1n) is 5.84. The third kappa shape index (κ3) is 3.63. The molecular weight excluding hydrogens is 257 g/mol. The minimum absolute atomic E-state index is 0.0994. The Morgan fingerprint density at radius 3 is 2.72 bits per heavy atom. The van der Waals surface area contributed by atoms with E-state index in [4.69, 9.17) is 0 Å². The molecular formula is C11H16FN3O2S. The lowest BCUT2D eigenvalue weighted by Crippen LogP contribution is -2.39. The lowest BCUT2D eigenvalue weighted by Gasteiger charge is -2.32. The van der Waals surface area contributed by atoms with Gasteiger partial charge < -0.3 is 4.90 Å². The Balaban J connectivity index is 2.04. The van der Waals surface area contributed by atoms with Crippen molar-refractivity contribution in [3.63, 3.8) is 0 Å². The minimum Gasteiger partial charge on any atom is -0.341 e. The van der Waals surface area contributed by atoms with E-state index in [1.54, 1.807) is 0 Å². The van der Waals surface area contributed by atoms with E-state index < -0.39 is 15.7 Å². The maximum absolute atomic E-state index is 12.7. The van der Waals surface area contributed by atoms with Crippen LogP contribution in [0.1, 0.15) is 12.8 Å². The third-order valence-electron chi connectivity index (χ3n) is 2.95. The van der Waals surface area contributed by atoms with Crippen LogP contribution in [0.5, 0.6) is 0 Å². The highest BCUT2D eigenvalue weighted by Crippen LogP contribution is 2.21. The first-order valence-corrected chi connectivity index (χ1v) is 7.90. The molecule has 0 radical (unpaired) electrons. The van der Waals surface area contributed by atoms with Crippen molar-refractivity contribution >= 4 is 15.8 Å². The molecule has 1 atom stereocenters. The summed E-state index contributed by atoms with van der Waals surface area (Å²) in [4.78, 5) is 9.76. The summed E-state index contributed by atoms with van der Waals surface area (Å²) < 4.78 is 35.3. The summed E-state index contributed by atoms with van der Waals surface area (Å²) in [5.74, 6) is 0.283. The molecule has 1 aromatic heterocycles. The quantitative estimate of drug-likeness (QED) is 0.818. The Labute approximate surface area is 106 Å². The van der Waals surface area contributed by atoms with Crippen molar-refractivity contribution in [2.45, 2.75) is 12.8 Å². The number of hydrogen-bond donors (Lipinski definition) is 0. The van der Waals surface area contributed by atoms with E-state index in [-0.39, 0.29) is 11.7 Å². The second-order valence-electron chi connectivity index (χ2n) is 4.75. The number of rotatable bonds is 3. The zero-order valence-electron chi connectivity index (χ0n) is 10.2. The maximum atomic E-state index is 12.7. The van der Waals surface area contributed by atoms with Gasteiger partial charge in [-0.25, -0.2) is 22.8 Å². The molecule has 18 heavy (non-hydrogen) atoms. The zero-order chi connectivity index (χ0) is 13.2. The van der Waals surface area contributed by atoms with E-state index in [1.165, 1.54) is 6.26 Å². The highest BCUT2D eigenvalue weighted by molar-refractivity contribution is 7.90. The summed E-state index contributed by atoms with van der Waals surface area (Å²) in [6.07, 6.45) is 5.30. The third-order valence-corrected chi connectivity index (χ3v) is 4.02. The Bertz CT molecular complexity index is 504. The summed E-state index contributed by atoms with van der Waals surface area (Å²) in [6, 6.07) is 0. The number of aromatic nitrogens is 2. The summed E-state index contributed by atoms with van der Waals surface area (Å²) >= 11 is 0. The fourth-order valence-electron chi connectivity index (χ4n) is 2.28. The van der Waals surface area contributed by atoms with Gasteiger partial charge >= 0.3 is 0 Å². The number of sulfone groups is 1. The Hall–Kier alpha value is -1.24. The first-order chi connectivity index (χ1) is 8.44. The molecule has 0 N–H and O–H groups in total. The van der Waals surface area contributed by atoms with E-state index in [0.717, 1.165) is 31.8 Å². The molecule has 1 fully saturated rings. The molecule has 0 aliphatic carbocycles. The Morgan fingerprint density at radius 1 is 1.44 bits per heavy atom. The number of piperidine rings is 1. The van der Waals surface area contributed by atoms with Crippen molar-refractivity contribution in [3.05, 3.63) is 18.2 Å². The molecule has 2 rings (SSSR count). The van der Waals surface area contributed by atoms with Crippen LogP contribution in [0.25, 0.3) is 0 Å². The smallest absolute Gasteiger partial charge is 0.225 e. The van der Waals surface area contributed by atoms with Crippen LogP contribution in [-0.4, -0.2) is 43.5 Å². The molecule has 7 heteroatoms. The molecule has 1 aromatic rings. The van der Waals surface area contributed by atoms with Gasteiger partial charge in [0.2, 0.25) is 5.95 Å². The number of hydrogen-bond acceptors (Lipinski definition) is 5. The summed E-state index contributed by atoms with van der Waals surface area (Å²) in [7, 11) is -2.96. The molecule has 0 saturated carbocycles. The van der Waals surface area contributed by atoms with E-state index in [1.807, 2.05) is 4.90 Å². The van der Waals surface area contributed by atoms with Crippen LogP contribution in [-0.2, 0) is 9.84 Å². The van der Waals surface area contributed by atoms with Crippen molar-refractivity contribution in [1.29, 1.82) is 0 Å². The fourth-order valence-corrected chi connectivity index (χ4v) is 3.41.